The maximum absolute atomic E-state index is 13.2. The van der Waals surface area contributed by atoms with Crippen LogP contribution in [-0.4, -0.2) is 38.2 Å². The number of aryl methyl sites for hydroxylation is 1. The van der Waals surface area contributed by atoms with Gasteiger partial charge in [-0.2, -0.15) is 0 Å². The smallest absolute Gasteiger partial charge is 0.262 e. The number of nitrogens with zero attached hydrogens (tertiary/aromatic N) is 3. The first-order chi connectivity index (χ1) is 16.0. The molecule has 7 heteroatoms. The third kappa shape index (κ3) is 3.63. The van der Waals surface area contributed by atoms with Gasteiger partial charge in [0.25, 0.3) is 11.8 Å². The molecule has 168 valence electrons. The van der Waals surface area contributed by atoms with Crippen LogP contribution in [0.3, 0.4) is 0 Å². The van der Waals surface area contributed by atoms with E-state index in [0.717, 1.165) is 35.7 Å². The first-order valence-corrected chi connectivity index (χ1v) is 11.4. The number of hydrogen-bond acceptors (Lipinski definition) is 4. The Labute approximate surface area is 192 Å². The van der Waals surface area contributed by atoms with Crippen LogP contribution in [0, 0.1) is 5.92 Å². The fraction of sp³-hybridized carbons (Fsp3) is 0.308. The molecule has 5 rings (SSSR count). The molecule has 0 saturated heterocycles. The molecule has 2 aliphatic heterocycles. The van der Waals surface area contributed by atoms with Crippen LogP contribution in [0.15, 0.2) is 54.7 Å². The van der Waals surface area contributed by atoms with Crippen molar-refractivity contribution in [3.05, 3.63) is 71.5 Å². The second kappa shape index (κ2) is 8.31. The third-order valence-corrected chi connectivity index (χ3v) is 6.42. The van der Waals surface area contributed by atoms with Crippen molar-refractivity contribution in [2.45, 2.75) is 45.7 Å². The van der Waals surface area contributed by atoms with Gasteiger partial charge in [0.2, 0.25) is 5.91 Å². The molecule has 2 aromatic carbocycles. The summed E-state index contributed by atoms with van der Waals surface area (Å²) in [5.74, 6) is -0.546. The van der Waals surface area contributed by atoms with Gasteiger partial charge in [0.1, 0.15) is 11.9 Å². The van der Waals surface area contributed by atoms with Gasteiger partial charge < -0.3 is 9.88 Å². The van der Waals surface area contributed by atoms with Gasteiger partial charge in [0.05, 0.1) is 11.1 Å². The monoisotopic (exact) mass is 442 g/mol. The Kier molecular flexibility index (Phi) is 5.32. The lowest BCUT2D eigenvalue weighted by atomic mass is 10.0. The van der Waals surface area contributed by atoms with Crippen LogP contribution in [0.4, 0.5) is 5.69 Å². The Morgan fingerprint density at radius 2 is 1.64 bits per heavy atom. The quantitative estimate of drug-likeness (QED) is 0.602. The standard InChI is InChI=1S/C26H26N4O3/c1-16(2)22(30-25(32)20-8-3-4-9-21(20)26(30)33)24(31)28-18-12-10-17(11-13-18)23-27-15-19-7-5-6-14-29(19)23/h3-4,8-13,15-16,22H,5-7,14H2,1-2H3,(H,28,31). The van der Waals surface area contributed by atoms with Crippen LogP contribution < -0.4 is 5.32 Å². The first-order valence-electron chi connectivity index (χ1n) is 11.4. The van der Waals surface area contributed by atoms with E-state index in [4.69, 9.17) is 0 Å². The van der Waals surface area contributed by atoms with Crippen molar-refractivity contribution in [1.29, 1.82) is 0 Å². The summed E-state index contributed by atoms with van der Waals surface area (Å²) in [5.41, 5.74) is 3.54. The summed E-state index contributed by atoms with van der Waals surface area (Å²) in [6, 6.07) is 13.3. The number of imide groups is 1. The van der Waals surface area contributed by atoms with E-state index < -0.39 is 17.9 Å². The minimum absolute atomic E-state index is 0.247. The van der Waals surface area contributed by atoms with E-state index >= 15 is 0 Å². The molecular weight excluding hydrogens is 416 g/mol. The number of amides is 3. The average Bonchev–Trinajstić information content (AvgIpc) is 3.35. The van der Waals surface area contributed by atoms with Crippen LogP contribution in [0.2, 0.25) is 0 Å². The number of carbonyl (C=O) groups is 3. The van der Waals surface area contributed by atoms with Crippen molar-refractivity contribution in [2.24, 2.45) is 5.92 Å². The minimum atomic E-state index is -0.906. The number of benzene rings is 2. The van der Waals surface area contributed by atoms with Gasteiger partial charge in [0, 0.05) is 29.7 Å². The molecule has 0 bridgehead atoms. The molecule has 0 aliphatic carbocycles. The van der Waals surface area contributed by atoms with Gasteiger partial charge in [-0.05, 0) is 61.6 Å². The fourth-order valence-corrected chi connectivity index (χ4v) is 4.76. The van der Waals surface area contributed by atoms with Crippen molar-refractivity contribution in [2.75, 3.05) is 5.32 Å². The molecule has 1 aromatic heterocycles. The molecule has 3 heterocycles. The second-order valence-corrected chi connectivity index (χ2v) is 8.96. The minimum Gasteiger partial charge on any atom is -0.328 e. The number of rotatable bonds is 5. The molecule has 1 atom stereocenters. The Balaban J connectivity index is 1.36. The predicted octanol–water partition coefficient (Wildman–Crippen LogP) is 4.15. The number of carbonyl (C=O) groups excluding carboxylic acids is 3. The highest BCUT2D eigenvalue weighted by Gasteiger charge is 2.43. The summed E-state index contributed by atoms with van der Waals surface area (Å²) in [6.45, 7) is 4.64. The normalized spacial score (nSPS) is 16.0. The van der Waals surface area contributed by atoms with Gasteiger partial charge in [-0.25, -0.2) is 4.98 Å². The SMILES string of the molecule is CC(C)C(C(=O)Nc1ccc(-c2ncc3n2CCCC3)cc1)N1C(=O)c2ccccc2C1=O. The Morgan fingerprint density at radius 3 is 2.27 bits per heavy atom. The molecule has 7 nitrogen and oxygen atoms in total. The van der Waals surface area contributed by atoms with Crippen LogP contribution in [0.5, 0.6) is 0 Å². The lowest BCUT2D eigenvalue weighted by molar-refractivity contribution is -0.121. The zero-order valence-electron chi connectivity index (χ0n) is 18.7. The molecule has 3 aromatic rings. The average molecular weight is 443 g/mol. The third-order valence-electron chi connectivity index (χ3n) is 6.42. The zero-order valence-corrected chi connectivity index (χ0v) is 18.7. The lowest BCUT2D eigenvalue weighted by Gasteiger charge is -2.28. The molecule has 0 fully saturated rings. The Morgan fingerprint density at radius 1 is 0.970 bits per heavy atom. The zero-order chi connectivity index (χ0) is 23.1. The molecule has 0 saturated carbocycles. The molecule has 1 unspecified atom stereocenters. The van der Waals surface area contributed by atoms with Gasteiger partial charge in [-0.3, -0.25) is 19.3 Å². The van der Waals surface area contributed by atoms with Gasteiger partial charge in [0.15, 0.2) is 0 Å². The van der Waals surface area contributed by atoms with Crippen LogP contribution in [-0.2, 0) is 17.8 Å². The van der Waals surface area contributed by atoms with Gasteiger partial charge in [-0.15, -0.1) is 0 Å². The van der Waals surface area contributed by atoms with Crippen molar-refractivity contribution in [1.82, 2.24) is 14.5 Å². The Bertz CT molecular complexity index is 1210. The van der Waals surface area contributed by atoms with Crippen molar-refractivity contribution >= 4 is 23.4 Å². The molecule has 33 heavy (non-hydrogen) atoms. The summed E-state index contributed by atoms with van der Waals surface area (Å²) >= 11 is 0. The van der Waals surface area contributed by atoms with Crippen molar-refractivity contribution in [3.8, 4) is 11.4 Å². The first kappa shape index (κ1) is 21.1. The van der Waals surface area contributed by atoms with E-state index in [9.17, 15) is 14.4 Å². The molecule has 2 aliphatic rings. The topological polar surface area (TPSA) is 84.3 Å². The number of nitrogens with one attached hydrogen (secondary N) is 1. The number of aromatic nitrogens is 2. The van der Waals surface area contributed by atoms with E-state index in [2.05, 4.69) is 14.9 Å². The Hall–Kier alpha value is -3.74. The van der Waals surface area contributed by atoms with E-state index in [0.29, 0.717) is 16.8 Å². The highest BCUT2D eigenvalue weighted by atomic mass is 16.2. The maximum atomic E-state index is 13.2. The molecule has 3 amide bonds. The molecule has 0 radical (unpaired) electrons. The largest absolute Gasteiger partial charge is 0.328 e. The number of hydrogen-bond donors (Lipinski definition) is 1. The van der Waals surface area contributed by atoms with E-state index in [1.54, 1.807) is 24.3 Å². The van der Waals surface area contributed by atoms with E-state index in [1.807, 2.05) is 44.3 Å². The second-order valence-electron chi connectivity index (χ2n) is 8.96. The predicted molar refractivity (Wildman–Crippen MR) is 125 cm³/mol. The molecule has 1 N–H and O–H groups in total. The molecule has 0 spiro atoms. The number of fused-ring (bicyclic) bond motifs is 2. The van der Waals surface area contributed by atoms with E-state index in [1.165, 1.54) is 12.1 Å². The highest BCUT2D eigenvalue weighted by Crippen LogP contribution is 2.29. The van der Waals surface area contributed by atoms with Gasteiger partial charge >= 0.3 is 0 Å². The fourth-order valence-electron chi connectivity index (χ4n) is 4.76. The summed E-state index contributed by atoms with van der Waals surface area (Å²) in [6.07, 6.45) is 5.34. The van der Waals surface area contributed by atoms with Gasteiger partial charge in [-0.1, -0.05) is 26.0 Å². The summed E-state index contributed by atoms with van der Waals surface area (Å²) in [7, 11) is 0. The number of anilines is 1. The summed E-state index contributed by atoms with van der Waals surface area (Å²) < 4.78 is 2.26. The lowest BCUT2D eigenvalue weighted by Crippen LogP contribution is -2.50. The summed E-state index contributed by atoms with van der Waals surface area (Å²) in [4.78, 5) is 44.7. The van der Waals surface area contributed by atoms with Crippen LogP contribution in [0.1, 0.15) is 53.1 Å². The number of imidazole rings is 1. The van der Waals surface area contributed by atoms with E-state index in [-0.39, 0.29) is 11.8 Å². The summed E-state index contributed by atoms with van der Waals surface area (Å²) in [5, 5.41) is 2.89. The highest BCUT2D eigenvalue weighted by molar-refractivity contribution is 6.23. The van der Waals surface area contributed by atoms with Crippen LogP contribution in [0.25, 0.3) is 11.4 Å². The molecular formula is C26H26N4O3. The van der Waals surface area contributed by atoms with Crippen molar-refractivity contribution < 1.29 is 14.4 Å². The van der Waals surface area contributed by atoms with Crippen molar-refractivity contribution in [3.63, 3.8) is 0 Å². The van der Waals surface area contributed by atoms with Crippen LogP contribution >= 0.6 is 0 Å². The maximum Gasteiger partial charge on any atom is 0.262 e.